The minimum absolute atomic E-state index is 0.0765. The number of nitrogens with zero attached hydrogens (tertiary/aromatic N) is 4. The topological polar surface area (TPSA) is 85.1 Å². The average molecular weight is 313 g/mol. The molecular formula is C16H19N5O2. The van der Waals surface area contributed by atoms with Crippen LogP contribution in [0.5, 0.6) is 6.01 Å². The monoisotopic (exact) mass is 313 g/mol. The lowest BCUT2D eigenvalue weighted by atomic mass is 10.2. The zero-order chi connectivity index (χ0) is 16.1. The van der Waals surface area contributed by atoms with Crippen LogP contribution >= 0.6 is 0 Å². The molecule has 2 heterocycles. The van der Waals surface area contributed by atoms with Crippen LogP contribution in [-0.2, 0) is 13.6 Å². The third-order valence-corrected chi connectivity index (χ3v) is 3.41. The van der Waals surface area contributed by atoms with E-state index in [1.165, 1.54) is 0 Å². The molecule has 0 unspecified atom stereocenters. The number of hydrogen-bond acceptors (Lipinski definition) is 6. The molecule has 0 atom stereocenters. The number of ether oxygens (including phenoxy) is 1. The van der Waals surface area contributed by atoms with Gasteiger partial charge in [-0.1, -0.05) is 30.3 Å². The summed E-state index contributed by atoms with van der Waals surface area (Å²) in [6.07, 6.45) is 2.28. The molecule has 3 rings (SSSR count). The van der Waals surface area contributed by atoms with Crippen LogP contribution in [-0.4, -0.2) is 38.1 Å². The number of anilines is 1. The lowest BCUT2D eigenvalue weighted by Gasteiger charge is -2.09. The standard InChI is InChI=1S/C16H19N5O2/c1-21-15-13(11-18-21)14(17-10-12-6-3-2-4-7-12)19-16(20-15)23-9-5-8-22/h2-4,6-7,11,22H,5,8-10H2,1H3,(H,17,19,20). The van der Waals surface area contributed by atoms with Gasteiger partial charge in [0.2, 0.25) is 0 Å². The van der Waals surface area contributed by atoms with Gasteiger partial charge >= 0.3 is 6.01 Å². The minimum Gasteiger partial charge on any atom is -0.463 e. The van der Waals surface area contributed by atoms with Crippen molar-refractivity contribution < 1.29 is 9.84 Å². The molecule has 23 heavy (non-hydrogen) atoms. The van der Waals surface area contributed by atoms with Gasteiger partial charge < -0.3 is 15.2 Å². The van der Waals surface area contributed by atoms with Crippen LogP contribution in [0.15, 0.2) is 36.5 Å². The van der Waals surface area contributed by atoms with E-state index in [2.05, 4.69) is 20.4 Å². The highest BCUT2D eigenvalue weighted by molar-refractivity contribution is 5.86. The summed E-state index contributed by atoms with van der Waals surface area (Å²) < 4.78 is 7.19. The van der Waals surface area contributed by atoms with E-state index in [4.69, 9.17) is 9.84 Å². The fourth-order valence-corrected chi connectivity index (χ4v) is 2.21. The molecule has 0 saturated heterocycles. The van der Waals surface area contributed by atoms with Crippen LogP contribution in [0.25, 0.3) is 11.0 Å². The number of rotatable bonds is 7. The predicted molar refractivity (Wildman–Crippen MR) is 87.3 cm³/mol. The number of nitrogens with one attached hydrogen (secondary N) is 1. The highest BCUT2D eigenvalue weighted by atomic mass is 16.5. The Morgan fingerprint density at radius 1 is 1.22 bits per heavy atom. The van der Waals surface area contributed by atoms with Gasteiger partial charge in [0.05, 0.1) is 18.2 Å². The molecule has 120 valence electrons. The van der Waals surface area contributed by atoms with Crippen molar-refractivity contribution >= 4 is 16.9 Å². The van der Waals surface area contributed by atoms with Gasteiger partial charge in [-0.3, -0.25) is 4.68 Å². The van der Waals surface area contributed by atoms with Crippen molar-refractivity contribution in [3.8, 4) is 6.01 Å². The maximum absolute atomic E-state index is 8.84. The highest BCUT2D eigenvalue weighted by Gasteiger charge is 2.12. The molecule has 0 fully saturated rings. The van der Waals surface area contributed by atoms with Crippen molar-refractivity contribution in [2.45, 2.75) is 13.0 Å². The molecule has 0 aliphatic rings. The third kappa shape index (κ3) is 3.57. The van der Waals surface area contributed by atoms with Gasteiger partial charge in [0, 0.05) is 26.6 Å². The first-order valence-corrected chi connectivity index (χ1v) is 7.49. The Kier molecular flexibility index (Phi) is 4.68. The number of aryl methyl sites for hydroxylation is 1. The molecular weight excluding hydrogens is 294 g/mol. The van der Waals surface area contributed by atoms with Gasteiger partial charge in [-0.05, 0) is 5.56 Å². The van der Waals surface area contributed by atoms with Gasteiger partial charge in [-0.15, -0.1) is 0 Å². The zero-order valence-corrected chi connectivity index (χ0v) is 12.9. The Labute approximate surface area is 133 Å². The van der Waals surface area contributed by atoms with Crippen molar-refractivity contribution in [3.63, 3.8) is 0 Å². The molecule has 7 nitrogen and oxygen atoms in total. The molecule has 0 radical (unpaired) electrons. The van der Waals surface area contributed by atoms with Gasteiger partial charge in [-0.2, -0.15) is 15.1 Å². The van der Waals surface area contributed by atoms with Gasteiger partial charge in [0.15, 0.2) is 5.65 Å². The van der Waals surface area contributed by atoms with E-state index in [1.54, 1.807) is 10.9 Å². The maximum atomic E-state index is 8.84. The molecule has 0 saturated carbocycles. The van der Waals surface area contributed by atoms with Gasteiger partial charge in [0.25, 0.3) is 0 Å². The second-order valence-electron chi connectivity index (χ2n) is 5.13. The number of aromatic nitrogens is 4. The smallest absolute Gasteiger partial charge is 0.320 e. The maximum Gasteiger partial charge on any atom is 0.320 e. The van der Waals surface area contributed by atoms with Crippen molar-refractivity contribution in [2.75, 3.05) is 18.5 Å². The molecule has 0 amide bonds. The van der Waals surface area contributed by atoms with E-state index in [-0.39, 0.29) is 12.6 Å². The summed E-state index contributed by atoms with van der Waals surface area (Å²) in [6, 6.07) is 10.4. The Bertz CT molecular complexity index is 773. The highest BCUT2D eigenvalue weighted by Crippen LogP contribution is 2.22. The fourth-order valence-electron chi connectivity index (χ4n) is 2.21. The third-order valence-electron chi connectivity index (χ3n) is 3.41. The van der Waals surface area contributed by atoms with Crippen LogP contribution < -0.4 is 10.1 Å². The number of hydrogen-bond donors (Lipinski definition) is 2. The summed E-state index contributed by atoms with van der Waals surface area (Å²) in [4.78, 5) is 8.79. The van der Waals surface area contributed by atoms with E-state index in [9.17, 15) is 0 Å². The molecule has 2 N–H and O–H groups in total. The van der Waals surface area contributed by atoms with Crippen LogP contribution in [0.2, 0.25) is 0 Å². The number of aliphatic hydroxyl groups excluding tert-OH is 1. The Morgan fingerprint density at radius 2 is 2.04 bits per heavy atom. The van der Waals surface area contributed by atoms with Crippen molar-refractivity contribution in [3.05, 3.63) is 42.1 Å². The molecule has 1 aromatic carbocycles. The molecule has 0 aliphatic heterocycles. The summed E-state index contributed by atoms with van der Waals surface area (Å²) in [7, 11) is 1.83. The van der Waals surface area contributed by atoms with Crippen LogP contribution in [0.3, 0.4) is 0 Å². The van der Waals surface area contributed by atoms with Gasteiger partial charge in [-0.25, -0.2) is 0 Å². The average Bonchev–Trinajstić information content (AvgIpc) is 2.95. The van der Waals surface area contributed by atoms with Crippen LogP contribution in [0, 0.1) is 0 Å². The Balaban J connectivity index is 1.84. The molecule has 7 heteroatoms. The van der Waals surface area contributed by atoms with E-state index in [0.717, 1.165) is 10.9 Å². The van der Waals surface area contributed by atoms with Crippen LogP contribution in [0.4, 0.5) is 5.82 Å². The van der Waals surface area contributed by atoms with Crippen molar-refractivity contribution in [2.24, 2.45) is 7.05 Å². The summed E-state index contributed by atoms with van der Waals surface area (Å²) in [6.45, 7) is 1.10. The summed E-state index contributed by atoms with van der Waals surface area (Å²) in [5.41, 5.74) is 1.86. The van der Waals surface area contributed by atoms with E-state index in [0.29, 0.717) is 31.0 Å². The first kappa shape index (κ1) is 15.2. The molecule has 3 aromatic rings. The lowest BCUT2D eigenvalue weighted by molar-refractivity contribution is 0.224. The normalized spacial score (nSPS) is 10.9. The molecule has 0 bridgehead atoms. The Hall–Kier alpha value is -2.67. The fraction of sp³-hybridized carbons (Fsp3) is 0.312. The quantitative estimate of drug-likeness (QED) is 0.646. The second-order valence-corrected chi connectivity index (χ2v) is 5.13. The molecule has 0 spiro atoms. The molecule has 2 aromatic heterocycles. The minimum atomic E-state index is 0.0765. The van der Waals surface area contributed by atoms with E-state index in [1.807, 2.05) is 37.4 Å². The van der Waals surface area contributed by atoms with Crippen molar-refractivity contribution in [1.29, 1.82) is 0 Å². The van der Waals surface area contributed by atoms with E-state index >= 15 is 0 Å². The predicted octanol–water partition coefficient (Wildman–Crippen LogP) is 1.74. The van der Waals surface area contributed by atoms with Gasteiger partial charge in [0.1, 0.15) is 5.82 Å². The summed E-state index contributed by atoms with van der Waals surface area (Å²) in [5.74, 6) is 0.686. The number of fused-ring (bicyclic) bond motifs is 1. The van der Waals surface area contributed by atoms with Crippen molar-refractivity contribution in [1.82, 2.24) is 19.7 Å². The second kappa shape index (κ2) is 7.06. The van der Waals surface area contributed by atoms with E-state index < -0.39 is 0 Å². The zero-order valence-electron chi connectivity index (χ0n) is 12.9. The summed E-state index contributed by atoms with van der Waals surface area (Å²) in [5, 5.41) is 17.2. The summed E-state index contributed by atoms with van der Waals surface area (Å²) >= 11 is 0. The van der Waals surface area contributed by atoms with Crippen LogP contribution in [0.1, 0.15) is 12.0 Å². The number of aliphatic hydroxyl groups is 1. The largest absolute Gasteiger partial charge is 0.463 e. The lowest BCUT2D eigenvalue weighted by Crippen LogP contribution is -2.07. The number of benzene rings is 1. The first-order valence-electron chi connectivity index (χ1n) is 7.49. The first-order chi connectivity index (χ1) is 11.3. The molecule has 0 aliphatic carbocycles. The Morgan fingerprint density at radius 3 is 2.83 bits per heavy atom. The SMILES string of the molecule is Cn1ncc2c(NCc3ccccc3)nc(OCCCO)nc21.